The third kappa shape index (κ3) is 23.5. The van der Waals surface area contributed by atoms with Gasteiger partial charge in [0.05, 0.1) is 39.0 Å². The molecule has 594 valence electrons. The predicted octanol–water partition coefficient (Wildman–Crippen LogP) is 29.5. The number of rotatable bonds is 9. The van der Waals surface area contributed by atoms with Gasteiger partial charge >= 0.3 is 0 Å². The van der Waals surface area contributed by atoms with Crippen LogP contribution in [0.1, 0.15) is 269 Å². The lowest BCUT2D eigenvalue weighted by Gasteiger charge is -2.22. The average Bonchev–Trinajstić information content (AvgIpc) is 1.79. The van der Waals surface area contributed by atoms with Crippen molar-refractivity contribution in [3.63, 3.8) is 0 Å². The lowest BCUT2D eigenvalue weighted by molar-refractivity contribution is 0.134. The number of hydrogen-bond acceptors (Lipinski definition) is 9. The molecule has 0 fully saturated rings. The van der Waals surface area contributed by atoms with Crippen LogP contribution in [0.3, 0.4) is 0 Å². The fourth-order valence-electron chi connectivity index (χ4n) is 14.3. The van der Waals surface area contributed by atoms with Gasteiger partial charge in [0.2, 0.25) is 13.6 Å². The van der Waals surface area contributed by atoms with Gasteiger partial charge in [-0.2, -0.15) is 0 Å². The van der Waals surface area contributed by atoms with Crippen LogP contribution in [-0.4, -0.2) is 26.8 Å². The zero-order chi connectivity index (χ0) is 80.7. The summed E-state index contributed by atoms with van der Waals surface area (Å²) in [6.45, 7) is 45.9. The van der Waals surface area contributed by atoms with Crippen molar-refractivity contribution in [3.05, 3.63) is 309 Å². The summed E-state index contributed by atoms with van der Waals surface area (Å²) in [5.41, 5.74) is 21.1. The molecule has 0 saturated heterocycles. The molecule has 0 spiro atoms. The van der Waals surface area contributed by atoms with Gasteiger partial charge in [0.25, 0.3) is 0 Å². The van der Waals surface area contributed by atoms with E-state index < -0.39 is 0 Å². The third-order valence-corrected chi connectivity index (χ3v) is 21.1. The number of ether oxygens (including phenoxy) is 7. The first-order valence-electron chi connectivity index (χ1n) is 41.3. The minimum atomic E-state index is 0.358. The zero-order valence-corrected chi connectivity index (χ0v) is 70.9. The van der Waals surface area contributed by atoms with Gasteiger partial charge in [0.15, 0.2) is 23.0 Å². The number of hydrogen-bond donors (Lipinski definition) is 0. The van der Waals surface area contributed by atoms with Crippen LogP contribution >= 0.6 is 0 Å². The summed E-state index contributed by atoms with van der Waals surface area (Å²) in [6.07, 6.45) is 8.15. The van der Waals surface area contributed by atoms with E-state index >= 15 is 0 Å². The average molecular weight is 1520 g/mol. The van der Waals surface area contributed by atoms with Gasteiger partial charge in [-0.05, 0) is 217 Å². The Hall–Kier alpha value is -10.2. The molecule has 0 N–H and O–H groups in total. The molecule has 0 radical (unpaired) electrons. The van der Waals surface area contributed by atoms with Crippen molar-refractivity contribution in [2.75, 3.05) is 26.8 Å². The second-order valence-electron chi connectivity index (χ2n) is 32.8. The van der Waals surface area contributed by atoms with Crippen molar-refractivity contribution < 1.29 is 42.0 Å². The smallest absolute Gasteiger partial charge is 0.231 e. The highest BCUT2D eigenvalue weighted by atomic mass is 16.7. The van der Waals surface area contributed by atoms with Gasteiger partial charge in [-0.3, -0.25) is 0 Å². The fraction of sp³-hybridized carbons (Fsp3) is 0.365. The maximum atomic E-state index is 5.77. The van der Waals surface area contributed by atoms with E-state index in [0.717, 1.165) is 84.9 Å². The first-order valence-corrected chi connectivity index (χ1v) is 41.3. The highest BCUT2D eigenvalue weighted by Gasteiger charge is 2.21. The summed E-state index contributed by atoms with van der Waals surface area (Å²) in [4.78, 5) is 0. The van der Waals surface area contributed by atoms with E-state index in [9.17, 15) is 0 Å². The Morgan fingerprint density at radius 2 is 0.761 bits per heavy atom. The lowest BCUT2D eigenvalue weighted by atomic mass is 9.93. The Kier molecular flexibility index (Phi) is 31.3. The van der Waals surface area contributed by atoms with Crippen LogP contribution in [0.15, 0.2) is 240 Å². The number of benzene rings is 11. The third-order valence-electron chi connectivity index (χ3n) is 21.1. The minimum absolute atomic E-state index is 0.358. The Morgan fingerprint density at radius 3 is 1.44 bits per heavy atom. The lowest BCUT2D eigenvalue weighted by Crippen LogP contribution is -2.11. The molecule has 0 aliphatic carbocycles. The Labute approximate surface area is 675 Å². The molecule has 18 rings (SSSR count). The van der Waals surface area contributed by atoms with Gasteiger partial charge in [-0.25, -0.2) is 0 Å². The van der Waals surface area contributed by atoms with Crippen molar-refractivity contribution in [1.29, 1.82) is 0 Å². The summed E-state index contributed by atoms with van der Waals surface area (Å²) in [5, 5.41) is 7.79. The summed E-state index contributed by atoms with van der Waals surface area (Å²) in [6, 6.07) is 76.7. The van der Waals surface area contributed by atoms with E-state index in [4.69, 9.17) is 42.0 Å². The topological polar surface area (TPSA) is 90.9 Å². The molecule has 0 amide bonds. The molecule has 11 aromatic carbocycles. The van der Waals surface area contributed by atoms with Gasteiger partial charge in [0.1, 0.15) is 22.7 Å². The number of furan rings is 2. The number of para-hydroxylation sites is 3. The fourth-order valence-corrected chi connectivity index (χ4v) is 14.3. The highest BCUT2D eigenvalue weighted by molar-refractivity contribution is 5.86. The second-order valence-corrected chi connectivity index (χ2v) is 32.8. The molecule has 0 unspecified atom stereocenters. The van der Waals surface area contributed by atoms with Gasteiger partial charge in [-0.15, -0.1) is 0 Å². The quantitative estimate of drug-likeness (QED) is 0.140. The van der Waals surface area contributed by atoms with E-state index in [2.05, 4.69) is 307 Å². The summed E-state index contributed by atoms with van der Waals surface area (Å²) in [7, 11) is 0. The van der Waals surface area contributed by atoms with Crippen LogP contribution in [0.2, 0.25) is 0 Å². The van der Waals surface area contributed by atoms with Crippen LogP contribution in [0.25, 0.3) is 43.5 Å². The molecule has 0 bridgehead atoms. The maximum Gasteiger partial charge on any atom is 0.231 e. The van der Waals surface area contributed by atoms with E-state index in [1.54, 1.807) is 12.5 Å². The molecule has 113 heavy (non-hydrogen) atoms. The standard InChI is InChI=1S/C13H18O.2C13H14.C12H16O.C11H14O.2C11H12O.2C10H12O2/c1-9(2)12-8-10(3)7-11-5-4-6-14-13(11)12;1-10(2)12-9-5-7-11-6-3-4-8-13(11)12;1-10(2)12-8-7-11-5-3-4-6-13(11)9-12;1-9(2)11-7-3-5-10-6-4-8-13-12(10)11;1-8(2)9-3-4-10-6-12-7-11(10)5-9;1-8(2)9-3-4-11-10(7-9)5-6-12-11;1-8(2)10-5-3-4-9-6-7-12-11(9)10;1-7(2)8-3-4-9-10(5-8)12-6-11-9;1-7(2)8-4-3-5-9-10(8)12-6-11-9/h7-9H,4-6H2,1-3H3;2*3-10H,1-2H3;3,5,7,9H,4,6,8H2,1-2H3;3-5,8H,6-7H2,1-2H3;2*3-8H,1-2H3;2*3-5,7H,6H2,1-2H3. The van der Waals surface area contributed by atoms with Crippen molar-refractivity contribution in [3.8, 4) is 34.5 Å². The molecule has 7 heterocycles. The minimum Gasteiger partial charge on any atom is -0.493 e. The van der Waals surface area contributed by atoms with E-state index in [1.807, 2.05) is 42.5 Å². The zero-order valence-electron chi connectivity index (χ0n) is 70.9. The normalized spacial score (nSPS) is 13.1. The molecular weight excluding hydrogens is 1390 g/mol. The number of fused-ring (bicyclic) bond motifs is 9. The summed E-state index contributed by atoms with van der Waals surface area (Å²) >= 11 is 0. The van der Waals surface area contributed by atoms with Crippen molar-refractivity contribution >= 4 is 43.5 Å². The van der Waals surface area contributed by atoms with Gasteiger partial charge < -0.3 is 42.0 Å². The Bertz CT molecular complexity index is 5060. The van der Waals surface area contributed by atoms with Crippen LogP contribution in [0, 0.1) is 6.92 Å². The second kappa shape index (κ2) is 41.5. The Balaban J connectivity index is 0.000000135. The molecule has 13 aromatic rings. The maximum absolute atomic E-state index is 5.77. The first-order chi connectivity index (χ1) is 54.4. The predicted molar refractivity (Wildman–Crippen MR) is 472 cm³/mol. The molecule has 0 atom stereocenters. The van der Waals surface area contributed by atoms with Crippen molar-refractivity contribution in [2.45, 2.75) is 224 Å². The molecule has 5 aliphatic heterocycles. The summed E-state index contributed by atoms with van der Waals surface area (Å²) < 4.78 is 48.6. The van der Waals surface area contributed by atoms with Gasteiger partial charge in [-0.1, -0.05) is 306 Å². The monoisotopic (exact) mass is 1520 g/mol. The largest absolute Gasteiger partial charge is 0.493 e. The van der Waals surface area contributed by atoms with Crippen LogP contribution in [-0.2, 0) is 30.8 Å². The summed E-state index contributed by atoms with van der Waals surface area (Å²) in [5.74, 6) is 11.0. The van der Waals surface area contributed by atoms with Crippen LogP contribution in [0.5, 0.6) is 34.5 Å². The van der Waals surface area contributed by atoms with E-state index in [1.165, 1.54) is 123 Å². The molecular formula is C104H124O9. The Morgan fingerprint density at radius 1 is 0.274 bits per heavy atom. The molecule has 0 saturated carbocycles. The molecule has 9 nitrogen and oxygen atoms in total. The van der Waals surface area contributed by atoms with Crippen molar-refractivity contribution in [2.24, 2.45) is 0 Å². The van der Waals surface area contributed by atoms with E-state index in [0.29, 0.717) is 66.8 Å². The highest BCUT2D eigenvalue weighted by Crippen LogP contribution is 2.40. The first kappa shape index (κ1) is 85.2. The molecule has 5 aliphatic rings. The molecule has 2 aromatic heterocycles. The van der Waals surface area contributed by atoms with Crippen molar-refractivity contribution in [1.82, 2.24) is 0 Å². The van der Waals surface area contributed by atoms with Crippen LogP contribution < -0.4 is 28.4 Å². The van der Waals surface area contributed by atoms with Crippen LogP contribution in [0.4, 0.5) is 0 Å². The number of aryl methyl sites for hydroxylation is 3. The SMILES string of the molecule is CC(C)c1ccc2c(c1)COC2.CC(C)c1ccc2c(c1)OCO2.CC(C)c1ccc2ccccc2c1.CC(C)c1ccc2occc2c1.CC(C)c1cccc2c1OCCC2.CC(C)c1cccc2c1OCO2.CC(C)c1cccc2ccccc12.CC(C)c1cccc2ccoc12.Cc1cc2c(c(C(C)C)c1)OCCC2. The van der Waals surface area contributed by atoms with E-state index in [-0.39, 0.29) is 0 Å². The molecule has 9 heteroatoms. The van der Waals surface area contributed by atoms with Gasteiger partial charge in [0, 0.05) is 16.3 Å².